The van der Waals surface area contributed by atoms with Gasteiger partial charge in [0, 0.05) is 23.2 Å². The molecule has 0 bridgehead atoms. The number of benzene rings is 1. The van der Waals surface area contributed by atoms with Crippen LogP contribution in [0.4, 0.5) is 0 Å². The highest BCUT2D eigenvalue weighted by Crippen LogP contribution is 2.20. The molecule has 0 unspecified atom stereocenters. The van der Waals surface area contributed by atoms with Gasteiger partial charge in [-0.3, -0.25) is 0 Å². The summed E-state index contributed by atoms with van der Waals surface area (Å²) in [5, 5.41) is 13.1. The van der Waals surface area contributed by atoms with Crippen molar-refractivity contribution in [1.29, 1.82) is 0 Å². The van der Waals surface area contributed by atoms with Crippen LogP contribution in [0.2, 0.25) is 0 Å². The van der Waals surface area contributed by atoms with Gasteiger partial charge in [-0.05, 0) is 18.2 Å². The highest BCUT2D eigenvalue weighted by molar-refractivity contribution is 5.76. The first-order valence-corrected chi connectivity index (χ1v) is 6.08. The Morgan fingerprint density at radius 3 is 3.15 bits per heavy atom. The van der Waals surface area contributed by atoms with Gasteiger partial charge < -0.3 is 4.98 Å². The molecule has 4 aromatic rings. The van der Waals surface area contributed by atoms with Gasteiger partial charge in [-0.2, -0.15) is 5.10 Å². The first-order chi connectivity index (χ1) is 9.92. The molecule has 0 spiro atoms. The number of fused-ring (bicyclic) bond motifs is 1. The Balaban J connectivity index is 1.88. The molecule has 0 aliphatic rings. The molecule has 6 nitrogen and oxygen atoms in total. The third-order valence-electron chi connectivity index (χ3n) is 3.05. The summed E-state index contributed by atoms with van der Waals surface area (Å²) in [5.41, 5.74) is 2.68. The molecular weight excluding hydrogens is 252 g/mol. The first kappa shape index (κ1) is 10.9. The number of nitrogens with one attached hydrogen (secondary N) is 1. The van der Waals surface area contributed by atoms with Crippen molar-refractivity contribution in [3.8, 4) is 17.1 Å². The molecule has 4 rings (SSSR count). The van der Waals surface area contributed by atoms with Crippen LogP contribution in [0, 0.1) is 6.07 Å². The van der Waals surface area contributed by atoms with Crippen molar-refractivity contribution in [2.45, 2.75) is 0 Å². The molecule has 0 fully saturated rings. The largest absolute Gasteiger partial charge is 0.328 e. The van der Waals surface area contributed by atoms with Crippen molar-refractivity contribution in [2.75, 3.05) is 0 Å². The van der Waals surface area contributed by atoms with Gasteiger partial charge in [0.05, 0.1) is 11.9 Å². The minimum absolute atomic E-state index is 0.726. The zero-order valence-corrected chi connectivity index (χ0v) is 10.4. The van der Waals surface area contributed by atoms with E-state index in [9.17, 15) is 0 Å². The fourth-order valence-corrected chi connectivity index (χ4v) is 2.13. The first-order valence-electron chi connectivity index (χ1n) is 6.08. The minimum atomic E-state index is 0.726. The number of nitrogens with zero attached hydrogens (tertiary/aromatic N) is 5. The second kappa shape index (κ2) is 4.27. The van der Waals surface area contributed by atoms with Gasteiger partial charge in [-0.1, -0.05) is 12.1 Å². The molecule has 0 aliphatic heterocycles. The van der Waals surface area contributed by atoms with Crippen LogP contribution in [-0.2, 0) is 0 Å². The van der Waals surface area contributed by atoms with E-state index in [1.54, 1.807) is 23.4 Å². The molecule has 0 aliphatic carbocycles. The summed E-state index contributed by atoms with van der Waals surface area (Å²) in [6.07, 6.45) is 4.98. The van der Waals surface area contributed by atoms with Crippen LogP contribution in [0.3, 0.4) is 0 Å². The predicted octanol–water partition coefficient (Wildman–Crippen LogP) is 2.01. The van der Waals surface area contributed by atoms with Gasteiger partial charge in [-0.25, -0.2) is 9.67 Å². The summed E-state index contributed by atoms with van der Waals surface area (Å²) in [6.45, 7) is 0. The summed E-state index contributed by atoms with van der Waals surface area (Å²) in [6, 6.07) is 12.7. The Bertz CT molecular complexity index is 862. The fourth-order valence-electron chi connectivity index (χ4n) is 2.13. The van der Waals surface area contributed by atoms with E-state index < -0.39 is 0 Å². The van der Waals surface area contributed by atoms with Crippen molar-refractivity contribution in [3.63, 3.8) is 0 Å². The quantitative estimate of drug-likeness (QED) is 0.599. The van der Waals surface area contributed by atoms with Crippen molar-refractivity contribution in [3.05, 3.63) is 55.1 Å². The number of hydrogen-bond acceptors (Lipinski definition) is 4. The minimum Gasteiger partial charge on any atom is -0.328 e. The molecule has 1 radical (unpaired) electrons. The van der Waals surface area contributed by atoms with Crippen LogP contribution in [0.1, 0.15) is 0 Å². The fraction of sp³-hybridized carbons (Fsp3) is 0. The average Bonchev–Trinajstić information content (AvgIpc) is 3.17. The van der Waals surface area contributed by atoms with E-state index >= 15 is 0 Å². The van der Waals surface area contributed by atoms with Crippen LogP contribution < -0.4 is 0 Å². The van der Waals surface area contributed by atoms with Crippen molar-refractivity contribution >= 4 is 11.0 Å². The molecule has 3 aromatic heterocycles. The Morgan fingerprint density at radius 2 is 2.25 bits per heavy atom. The number of pyridine rings is 1. The second-order valence-corrected chi connectivity index (χ2v) is 4.29. The SMILES string of the molecule is [c]1cnc2c(c1)cnn2-c1cccc(-c2nnc[nH]2)c1. The molecule has 0 amide bonds. The Hall–Kier alpha value is -3.02. The van der Waals surface area contributed by atoms with Gasteiger partial charge in [-0.15, -0.1) is 10.2 Å². The zero-order valence-electron chi connectivity index (χ0n) is 10.4. The molecule has 3 heterocycles. The lowest BCUT2D eigenvalue weighted by Gasteiger charge is -2.04. The van der Waals surface area contributed by atoms with Crippen LogP contribution in [0.15, 0.2) is 49.1 Å². The van der Waals surface area contributed by atoms with E-state index in [1.165, 1.54) is 0 Å². The number of aromatic amines is 1. The Labute approximate surface area is 114 Å². The third-order valence-corrected chi connectivity index (χ3v) is 3.05. The molecule has 1 aromatic carbocycles. The van der Waals surface area contributed by atoms with Crippen LogP contribution in [0.25, 0.3) is 28.1 Å². The topological polar surface area (TPSA) is 72.3 Å². The van der Waals surface area contributed by atoms with Gasteiger partial charge in [0.25, 0.3) is 0 Å². The number of rotatable bonds is 2. The molecule has 0 saturated heterocycles. The van der Waals surface area contributed by atoms with Crippen LogP contribution in [0.5, 0.6) is 0 Å². The number of H-pyrrole nitrogens is 1. The van der Waals surface area contributed by atoms with Gasteiger partial charge in [0.1, 0.15) is 6.33 Å². The van der Waals surface area contributed by atoms with E-state index in [-0.39, 0.29) is 0 Å². The lowest BCUT2D eigenvalue weighted by molar-refractivity contribution is 0.897. The molecule has 6 heteroatoms. The summed E-state index contributed by atoms with van der Waals surface area (Å²) >= 11 is 0. The monoisotopic (exact) mass is 261 g/mol. The summed E-state index contributed by atoms with van der Waals surface area (Å²) in [4.78, 5) is 7.31. The lowest BCUT2D eigenvalue weighted by atomic mass is 10.2. The van der Waals surface area contributed by atoms with E-state index in [2.05, 4.69) is 31.3 Å². The molecule has 0 saturated carbocycles. The zero-order chi connectivity index (χ0) is 13.4. The standard InChI is InChI=1S/C14H9N6/c1-3-10(13-16-9-17-19-13)7-12(5-1)20-14-11(8-18-20)4-2-6-15-14/h1,3-9H,(H,16,17,19). The van der Waals surface area contributed by atoms with Crippen molar-refractivity contribution in [2.24, 2.45) is 0 Å². The number of aromatic nitrogens is 6. The highest BCUT2D eigenvalue weighted by atomic mass is 15.3. The second-order valence-electron chi connectivity index (χ2n) is 4.29. The maximum Gasteiger partial charge on any atom is 0.162 e. The molecule has 20 heavy (non-hydrogen) atoms. The maximum absolute atomic E-state index is 4.38. The van der Waals surface area contributed by atoms with Gasteiger partial charge >= 0.3 is 0 Å². The molecular formula is C14H9N6. The van der Waals surface area contributed by atoms with Gasteiger partial charge in [0.2, 0.25) is 0 Å². The third kappa shape index (κ3) is 1.66. The van der Waals surface area contributed by atoms with E-state index in [0.717, 1.165) is 28.1 Å². The summed E-state index contributed by atoms with van der Waals surface area (Å²) in [7, 11) is 0. The normalized spacial score (nSPS) is 11.0. The lowest BCUT2D eigenvalue weighted by Crippen LogP contribution is -1.97. The van der Waals surface area contributed by atoms with Gasteiger partial charge in [0.15, 0.2) is 11.5 Å². The summed E-state index contributed by atoms with van der Waals surface area (Å²) in [5.74, 6) is 0.726. The highest BCUT2D eigenvalue weighted by Gasteiger charge is 2.07. The molecule has 95 valence electrons. The average molecular weight is 261 g/mol. The Kier molecular flexibility index (Phi) is 2.32. The molecule has 0 atom stereocenters. The van der Waals surface area contributed by atoms with E-state index in [0.29, 0.717) is 0 Å². The van der Waals surface area contributed by atoms with Crippen LogP contribution in [-0.4, -0.2) is 29.9 Å². The smallest absolute Gasteiger partial charge is 0.162 e. The predicted molar refractivity (Wildman–Crippen MR) is 73.1 cm³/mol. The van der Waals surface area contributed by atoms with E-state index in [4.69, 9.17) is 0 Å². The van der Waals surface area contributed by atoms with Crippen molar-refractivity contribution < 1.29 is 0 Å². The molecule has 1 N–H and O–H groups in total. The summed E-state index contributed by atoms with van der Waals surface area (Å²) < 4.78 is 1.79. The maximum atomic E-state index is 4.38. The van der Waals surface area contributed by atoms with Crippen molar-refractivity contribution in [1.82, 2.24) is 29.9 Å². The Morgan fingerprint density at radius 1 is 1.25 bits per heavy atom. The van der Waals surface area contributed by atoms with E-state index in [1.807, 2.05) is 30.3 Å². The number of hydrogen-bond donors (Lipinski definition) is 1. The van der Waals surface area contributed by atoms with Crippen LogP contribution >= 0.6 is 0 Å².